The first-order valence-electron chi connectivity index (χ1n) is 7.87. The first-order valence-corrected chi connectivity index (χ1v) is 10.9. The molecule has 3 aromatic rings. The van der Waals surface area contributed by atoms with Crippen LogP contribution in [-0.2, 0) is 14.8 Å². The Morgan fingerprint density at radius 2 is 1.96 bits per heavy atom. The summed E-state index contributed by atoms with van der Waals surface area (Å²) in [6.07, 6.45) is 0. The SMILES string of the molecule is CN(C)S(=O)(=O)c1ccc2nc(NC(=O)COc3ccc(Cl)cc3Cl)sc2c1. The van der Waals surface area contributed by atoms with Gasteiger partial charge < -0.3 is 4.74 Å². The summed E-state index contributed by atoms with van der Waals surface area (Å²) >= 11 is 13.0. The molecule has 0 radical (unpaired) electrons. The lowest BCUT2D eigenvalue weighted by Gasteiger charge is -2.10. The average Bonchev–Trinajstić information content (AvgIpc) is 3.02. The fourth-order valence-electron chi connectivity index (χ4n) is 2.22. The largest absolute Gasteiger partial charge is 0.482 e. The molecule has 0 fully saturated rings. The number of carbonyl (C=O) groups is 1. The number of fused-ring (bicyclic) bond motifs is 1. The molecule has 0 atom stereocenters. The summed E-state index contributed by atoms with van der Waals surface area (Å²) in [6, 6.07) is 9.30. The topological polar surface area (TPSA) is 88.6 Å². The van der Waals surface area contributed by atoms with Crippen molar-refractivity contribution in [3.05, 3.63) is 46.4 Å². The molecular formula is C17H15Cl2N3O4S2. The molecule has 0 bridgehead atoms. The summed E-state index contributed by atoms with van der Waals surface area (Å²) in [5, 5.41) is 3.73. The van der Waals surface area contributed by atoms with E-state index in [1.807, 2.05) is 0 Å². The Balaban J connectivity index is 1.71. The molecule has 1 N–H and O–H groups in total. The van der Waals surface area contributed by atoms with Crippen molar-refractivity contribution in [3.8, 4) is 5.75 Å². The van der Waals surface area contributed by atoms with E-state index in [2.05, 4.69) is 10.3 Å². The van der Waals surface area contributed by atoms with Gasteiger partial charge >= 0.3 is 0 Å². The molecule has 7 nitrogen and oxygen atoms in total. The third-order valence-corrected chi connectivity index (χ3v) is 6.91. The second-order valence-corrected chi connectivity index (χ2v) is 9.87. The van der Waals surface area contributed by atoms with Gasteiger partial charge in [0.25, 0.3) is 5.91 Å². The summed E-state index contributed by atoms with van der Waals surface area (Å²) in [7, 11) is -0.619. The van der Waals surface area contributed by atoms with E-state index in [0.717, 1.165) is 4.31 Å². The zero-order valence-electron chi connectivity index (χ0n) is 14.8. The van der Waals surface area contributed by atoms with Gasteiger partial charge in [-0.25, -0.2) is 17.7 Å². The van der Waals surface area contributed by atoms with Gasteiger partial charge in [-0.3, -0.25) is 10.1 Å². The van der Waals surface area contributed by atoms with Crippen LogP contribution in [0.1, 0.15) is 0 Å². The molecule has 3 rings (SSSR count). The zero-order valence-corrected chi connectivity index (χ0v) is 17.9. The maximum atomic E-state index is 12.2. The van der Waals surface area contributed by atoms with Gasteiger partial charge in [0.1, 0.15) is 5.75 Å². The van der Waals surface area contributed by atoms with Crippen LogP contribution in [0.4, 0.5) is 5.13 Å². The van der Waals surface area contributed by atoms with Crippen LogP contribution in [0.15, 0.2) is 41.3 Å². The van der Waals surface area contributed by atoms with E-state index < -0.39 is 15.9 Å². The van der Waals surface area contributed by atoms with Crippen molar-refractivity contribution in [1.82, 2.24) is 9.29 Å². The molecule has 0 unspecified atom stereocenters. The van der Waals surface area contributed by atoms with Gasteiger partial charge in [-0.2, -0.15) is 0 Å². The molecule has 2 aromatic carbocycles. The van der Waals surface area contributed by atoms with E-state index in [-0.39, 0.29) is 11.5 Å². The number of thiazole rings is 1. The van der Waals surface area contributed by atoms with Gasteiger partial charge in [0.05, 0.1) is 20.1 Å². The molecule has 1 heterocycles. The van der Waals surface area contributed by atoms with Crippen molar-refractivity contribution < 1.29 is 17.9 Å². The summed E-state index contributed by atoms with van der Waals surface area (Å²) in [5.41, 5.74) is 0.583. The minimum Gasteiger partial charge on any atom is -0.482 e. The summed E-state index contributed by atoms with van der Waals surface area (Å²) in [4.78, 5) is 16.6. The van der Waals surface area contributed by atoms with Crippen LogP contribution in [0.5, 0.6) is 5.75 Å². The fraction of sp³-hybridized carbons (Fsp3) is 0.176. The minimum absolute atomic E-state index is 0.159. The van der Waals surface area contributed by atoms with Crippen molar-refractivity contribution in [2.75, 3.05) is 26.0 Å². The summed E-state index contributed by atoms with van der Waals surface area (Å²) < 4.78 is 31.6. The maximum Gasteiger partial charge on any atom is 0.264 e. The monoisotopic (exact) mass is 459 g/mol. The van der Waals surface area contributed by atoms with Crippen LogP contribution >= 0.6 is 34.5 Å². The molecule has 28 heavy (non-hydrogen) atoms. The van der Waals surface area contributed by atoms with Crippen LogP contribution < -0.4 is 10.1 Å². The van der Waals surface area contributed by atoms with Gasteiger partial charge in [-0.15, -0.1) is 0 Å². The van der Waals surface area contributed by atoms with Crippen LogP contribution in [-0.4, -0.2) is 44.3 Å². The Kier molecular flexibility index (Phi) is 6.11. The normalized spacial score (nSPS) is 11.8. The van der Waals surface area contributed by atoms with Gasteiger partial charge in [0.2, 0.25) is 10.0 Å². The third-order valence-electron chi connectivity index (χ3n) is 3.64. The molecule has 0 aliphatic carbocycles. The number of amides is 1. The Labute approximate surface area is 175 Å². The molecule has 0 saturated carbocycles. The molecule has 0 aliphatic rings. The van der Waals surface area contributed by atoms with E-state index in [1.165, 1.54) is 43.6 Å². The lowest BCUT2D eigenvalue weighted by atomic mass is 10.3. The van der Waals surface area contributed by atoms with Crippen LogP contribution in [0.2, 0.25) is 10.0 Å². The number of aromatic nitrogens is 1. The van der Waals surface area contributed by atoms with Crippen molar-refractivity contribution in [2.24, 2.45) is 0 Å². The molecule has 1 aromatic heterocycles. The van der Waals surface area contributed by atoms with E-state index in [0.29, 0.717) is 31.1 Å². The number of anilines is 1. The Morgan fingerprint density at radius 1 is 1.21 bits per heavy atom. The third kappa shape index (κ3) is 4.56. The molecule has 1 amide bonds. The summed E-state index contributed by atoms with van der Waals surface area (Å²) in [6.45, 7) is -0.266. The predicted molar refractivity (Wildman–Crippen MR) is 111 cm³/mol. The zero-order chi connectivity index (χ0) is 20.5. The van der Waals surface area contributed by atoms with Gasteiger partial charge in [-0.05, 0) is 36.4 Å². The molecule has 0 spiro atoms. The second kappa shape index (κ2) is 8.22. The Morgan fingerprint density at radius 3 is 2.64 bits per heavy atom. The van der Waals surface area contributed by atoms with Crippen LogP contribution in [0, 0.1) is 0 Å². The summed E-state index contributed by atoms with van der Waals surface area (Å²) in [5.74, 6) is -0.0877. The van der Waals surface area contributed by atoms with Gasteiger partial charge in [0, 0.05) is 19.1 Å². The number of sulfonamides is 1. The molecular weight excluding hydrogens is 445 g/mol. The van der Waals surface area contributed by atoms with Crippen molar-refractivity contribution in [3.63, 3.8) is 0 Å². The lowest BCUT2D eigenvalue weighted by Crippen LogP contribution is -2.22. The van der Waals surface area contributed by atoms with Gasteiger partial charge in [0.15, 0.2) is 11.7 Å². The van der Waals surface area contributed by atoms with E-state index in [1.54, 1.807) is 18.2 Å². The quantitative estimate of drug-likeness (QED) is 0.604. The number of nitrogens with zero attached hydrogens (tertiary/aromatic N) is 2. The van der Waals surface area contributed by atoms with Crippen molar-refractivity contribution in [2.45, 2.75) is 4.90 Å². The first kappa shape index (κ1) is 20.8. The Hall–Kier alpha value is -1.91. The van der Waals surface area contributed by atoms with E-state index in [9.17, 15) is 13.2 Å². The highest BCUT2D eigenvalue weighted by molar-refractivity contribution is 7.89. The molecule has 148 valence electrons. The molecule has 0 saturated heterocycles. The number of halogens is 2. The first-order chi connectivity index (χ1) is 13.2. The van der Waals surface area contributed by atoms with Crippen molar-refractivity contribution in [1.29, 1.82) is 0 Å². The number of hydrogen-bond donors (Lipinski definition) is 1. The maximum absolute atomic E-state index is 12.2. The predicted octanol–water partition coefficient (Wildman–Crippen LogP) is 3.87. The molecule has 0 aliphatic heterocycles. The smallest absolute Gasteiger partial charge is 0.264 e. The number of carbonyl (C=O) groups excluding carboxylic acids is 1. The average molecular weight is 460 g/mol. The Bertz CT molecular complexity index is 1150. The highest BCUT2D eigenvalue weighted by atomic mass is 35.5. The van der Waals surface area contributed by atoms with E-state index >= 15 is 0 Å². The van der Waals surface area contributed by atoms with E-state index in [4.69, 9.17) is 27.9 Å². The number of rotatable bonds is 6. The highest BCUT2D eigenvalue weighted by Gasteiger charge is 2.18. The van der Waals surface area contributed by atoms with Crippen molar-refractivity contribution >= 4 is 65.8 Å². The second-order valence-electron chi connectivity index (χ2n) is 5.85. The fourth-order valence-corrected chi connectivity index (χ4v) is 4.61. The van der Waals surface area contributed by atoms with Gasteiger partial charge in [-0.1, -0.05) is 34.5 Å². The number of nitrogens with one attached hydrogen (secondary N) is 1. The van der Waals surface area contributed by atoms with Crippen LogP contribution in [0.25, 0.3) is 10.2 Å². The number of hydrogen-bond acceptors (Lipinski definition) is 6. The number of ether oxygens (including phenoxy) is 1. The standard InChI is InChI=1S/C17H15Cl2N3O4S2/c1-22(2)28(24,25)11-4-5-13-15(8-11)27-17(20-13)21-16(23)9-26-14-6-3-10(18)7-12(14)19/h3-8H,9H2,1-2H3,(H,20,21,23). The highest BCUT2D eigenvalue weighted by Crippen LogP contribution is 2.29. The van der Waals surface area contributed by atoms with Crippen LogP contribution in [0.3, 0.4) is 0 Å². The molecule has 11 heteroatoms. The number of benzene rings is 2. The lowest BCUT2D eigenvalue weighted by molar-refractivity contribution is -0.118. The minimum atomic E-state index is -3.55.